The Morgan fingerprint density at radius 3 is 1.49 bits per heavy atom. The fraction of sp³-hybridized carbons (Fsp3) is 0.0769. The van der Waals surface area contributed by atoms with Crippen molar-refractivity contribution in [2.45, 2.75) is 30.7 Å². The number of thioether (sulfide) groups is 1. The first-order chi connectivity index (χ1) is 16.6. The van der Waals surface area contributed by atoms with Gasteiger partial charge >= 0.3 is 6.18 Å². The number of halogens is 3. The number of hydrogen-bond donors (Lipinski definition) is 0. The number of rotatable bonds is 5. The van der Waals surface area contributed by atoms with E-state index in [-0.39, 0.29) is 10.9 Å². The predicted molar refractivity (Wildman–Crippen MR) is 133 cm³/mol. The molecule has 0 saturated carbocycles. The van der Waals surface area contributed by atoms with Gasteiger partial charge in [0.15, 0.2) is 14.7 Å². The van der Waals surface area contributed by atoms with Crippen LogP contribution in [0.2, 0.25) is 0 Å². The SMILES string of the molecule is CSc1ccc([S+](c2ccccc2)c2ccccc2)cc1.O=S(=O)([O-])c1ccc(C(F)(F)F)cc1. The Morgan fingerprint density at radius 1 is 0.686 bits per heavy atom. The van der Waals surface area contributed by atoms with E-state index in [1.54, 1.807) is 11.8 Å². The van der Waals surface area contributed by atoms with Gasteiger partial charge < -0.3 is 4.55 Å². The summed E-state index contributed by atoms with van der Waals surface area (Å²) in [6.07, 6.45) is -2.42. The summed E-state index contributed by atoms with van der Waals surface area (Å²) in [7, 11) is -4.72. The predicted octanol–water partition coefficient (Wildman–Crippen LogP) is 7.11. The van der Waals surface area contributed by atoms with Gasteiger partial charge in [-0.05, 0) is 79.1 Å². The minimum absolute atomic E-state index is 0.0341. The molecule has 0 heterocycles. The monoisotopic (exact) mass is 534 g/mol. The summed E-state index contributed by atoms with van der Waals surface area (Å²) < 4.78 is 67.0. The summed E-state index contributed by atoms with van der Waals surface area (Å²) in [5.41, 5.74) is -0.995. The Kier molecular flexibility index (Phi) is 9.07. The first-order valence-corrected chi connectivity index (χ1v) is 14.1. The molecule has 4 aromatic carbocycles. The third-order valence-corrected chi connectivity index (χ3v) is 8.55. The van der Waals surface area contributed by atoms with Crippen molar-refractivity contribution in [1.82, 2.24) is 0 Å². The molecule has 0 radical (unpaired) electrons. The van der Waals surface area contributed by atoms with Crippen LogP contribution in [0, 0.1) is 0 Å². The lowest BCUT2D eigenvalue weighted by molar-refractivity contribution is -0.137. The number of benzene rings is 4. The molecule has 3 nitrogen and oxygen atoms in total. The van der Waals surface area contributed by atoms with Crippen LogP contribution in [0.25, 0.3) is 0 Å². The van der Waals surface area contributed by atoms with Crippen LogP contribution in [0.1, 0.15) is 5.56 Å². The second kappa shape index (κ2) is 11.8. The van der Waals surface area contributed by atoms with Gasteiger partial charge in [0, 0.05) is 4.90 Å². The molecule has 9 heteroatoms. The van der Waals surface area contributed by atoms with E-state index in [0.717, 1.165) is 0 Å². The maximum absolute atomic E-state index is 12.0. The molecule has 0 atom stereocenters. The van der Waals surface area contributed by atoms with Crippen molar-refractivity contribution < 1.29 is 26.1 Å². The van der Waals surface area contributed by atoms with Crippen LogP contribution in [-0.2, 0) is 27.2 Å². The van der Waals surface area contributed by atoms with Crippen molar-refractivity contribution in [3.8, 4) is 0 Å². The van der Waals surface area contributed by atoms with Crippen molar-refractivity contribution in [2.24, 2.45) is 0 Å². The largest absolute Gasteiger partial charge is 0.744 e. The summed E-state index contributed by atoms with van der Waals surface area (Å²) in [5, 5.41) is 0. The molecule has 0 amide bonds. The maximum Gasteiger partial charge on any atom is 0.416 e. The van der Waals surface area contributed by atoms with Gasteiger partial charge in [-0.25, -0.2) is 8.42 Å². The Morgan fingerprint density at radius 2 is 1.11 bits per heavy atom. The highest BCUT2D eigenvalue weighted by Crippen LogP contribution is 2.32. The maximum atomic E-state index is 12.0. The number of alkyl halides is 3. The molecule has 0 aromatic heterocycles. The van der Waals surface area contributed by atoms with Crippen LogP contribution in [-0.4, -0.2) is 19.2 Å². The van der Waals surface area contributed by atoms with Crippen LogP contribution in [0.4, 0.5) is 13.2 Å². The summed E-state index contributed by atoms with van der Waals surface area (Å²) in [6.45, 7) is 0. The lowest BCUT2D eigenvalue weighted by Gasteiger charge is -2.09. The highest BCUT2D eigenvalue weighted by atomic mass is 32.2. The van der Waals surface area contributed by atoms with Crippen LogP contribution in [0.3, 0.4) is 0 Å². The van der Waals surface area contributed by atoms with Crippen molar-refractivity contribution in [2.75, 3.05) is 6.26 Å². The standard InChI is InChI=1S/C19H17S2.C7H5F3O3S/c1-20-16-12-14-19(15-13-16)21(17-8-4-2-5-9-17)18-10-6-3-7-11-18;8-7(9,10)5-1-3-6(4-2-5)14(11,12)13/h2-15H,1H3;1-4H,(H,11,12,13)/q+1;/p-1. The summed E-state index contributed by atoms with van der Waals surface area (Å²) in [4.78, 5) is 4.72. The minimum Gasteiger partial charge on any atom is -0.744 e. The summed E-state index contributed by atoms with van der Waals surface area (Å²) in [5.74, 6) is 0. The van der Waals surface area contributed by atoms with Crippen LogP contribution < -0.4 is 0 Å². The first kappa shape index (κ1) is 26.9. The first-order valence-electron chi connectivity index (χ1n) is 10.2. The molecule has 0 bridgehead atoms. The zero-order chi connectivity index (χ0) is 25.5. The van der Waals surface area contributed by atoms with Crippen LogP contribution in [0.15, 0.2) is 134 Å². The molecule has 0 aliphatic carbocycles. The number of hydrogen-bond acceptors (Lipinski definition) is 4. The van der Waals surface area contributed by atoms with E-state index in [9.17, 15) is 26.1 Å². The fourth-order valence-electron chi connectivity index (χ4n) is 3.04. The average Bonchev–Trinajstić information content (AvgIpc) is 2.85. The second-order valence-corrected chi connectivity index (χ2v) is 11.4. The van der Waals surface area contributed by atoms with E-state index < -0.39 is 26.8 Å². The minimum atomic E-state index is -4.68. The zero-order valence-corrected chi connectivity index (χ0v) is 20.9. The second-order valence-electron chi connectivity index (χ2n) is 7.08. The molecule has 0 aliphatic heterocycles. The van der Waals surface area contributed by atoms with Gasteiger partial charge in [0.05, 0.1) is 21.4 Å². The molecule has 0 N–H and O–H groups in total. The average molecular weight is 535 g/mol. The van der Waals surface area contributed by atoms with Crippen LogP contribution in [0.5, 0.6) is 0 Å². The zero-order valence-electron chi connectivity index (χ0n) is 18.5. The van der Waals surface area contributed by atoms with E-state index in [4.69, 9.17) is 0 Å². The van der Waals surface area contributed by atoms with Crippen molar-refractivity contribution in [3.05, 3.63) is 115 Å². The van der Waals surface area contributed by atoms with E-state index in [2.05, 4.69) is 91.2 Å². The fourth-order valence-corrected chi connectivity index (χ4v) is 6.00. The highest BCUT2D eigenvalue weighted by molar-refractivity contribution is 7.98. The Bertz CT molecular complexity index is 1270. The molecule has 4 aromatic rings. The molecule has 35 heavy (non-hydrogen) atoms. The normalized spacial score (nSPS) is 11.6. The third kappa shape index (κ3) is 7.63. The van der Waals surface area contributed by atoms with Crippen molar-refractivity contribution in [1.29, 1.82) is 0 Å². The molecule has 0 saturated heterocycles. The van der Waals surface area contributed by atoms with Gasteiger partial charge in [0.25, 0.3) is 0 Å². The topological polar surface area (TPSA) is 57.2 Å². The van der Waals surface area contributed by atoms with Gasteiger partial charge in [-0.3, -0.25) is 0 Å². The molecular formula is C26H21F3O3S3. The molecule has 0 aliphatic rings. The van der Waals surface area contributed by atoms with E-state index in [1.165, 1.54) is 19.6 Å². The lowest BCUT2D eigenvalue weighted by atomic mass is 10.2. The van der Waals surface area contributed by atoms with E-state index in [0.29, 0.717) is 24.3 Å². The Labute approximate surface area is 210 Å². The Hall–Kier alpha value is -2.72. The smallest absolute Gasteiger partial charge is 0.416 e. The van der Waals surface area contributed by atoms with E-state index in [1.807, 2.05) is 0 Å². The van der Waals surface area contributed by atoms with Crippen molar-refractivity contribution in [3.63, 3.8) is 0 Å². The van der Waals surface area contributed by atoms with Gasteiger partial charge in [-0.2, -0.15) is 13.2 Å². The molecule has 4 rings (SSSR count). The van der Waals surface area contributed by atoms with Gasteiger partial charge in [0.1, 0.15) is 10.1 Å². The van der Waals surface area contributed by atoms with Crippen molar-refractivity contribution >= 4 is 32.8 Å². The van der Waals surface area contributed by atoms with E-state index >= 15 is 0 Å². The molecule has 0 fully saturated rings. The third-order valence-electron chi connectivity index (χ3n) is 4.72. The van der Waals surface area contributed by atoms with Crippen LogP contribution >= 0.6 is 11.8 Å². The van der Waals surface area contributed by atoms with Gasteiger partial charge in [0.2, 0.25) is 0 Å². The molecular weight excluding hydrogens is 513 g/mol. The van der Waals surface area contributed by atoms with Gasteiger partial charge in [-0.15, -0.1) is 11.8 Å². The Balaban J connectivity index is 0.000000214. The van der Waals surface area contributed by atoms with Gasteiger partial charge in [-0.1, -0.05) is 36.4 Å². The quantitative estimate of drug-likeness (QED) is 0.156. The highest BCUT2D eigenvalue weighted by Gasteiger charge is 2.30. The molecule has 0 spiro atoms. The summed E-state index contributed by atoms with van der Waals surface area (Å²) in [6, 6.07) is 32.8. The molecule has 0 unspecified atom stereocenters. The lowest BCUT2D eigenvalue weighted by Crippen LogP contribution is -2.05. The molecule has 182 valence electrons. The summed E-state index contributed by atoms with van der Waals surface area (Å²) >= 11 is 1.78.